The first-order valence-corrected chi connectivity index (χ1v) is 10.7. The molecule has 0 saturated heterocycles. The van der Waals surface area contributed by atoms with Crippen LogP contribution in [0.3, 0.4) is 0 Å². The summed E-state index contributed by atoms with van der Waals surface area (Å²) in [6, 6.07) is 8.47. The molecule has 0 aliphatic heterocycles. The van der Waals surface area contributed by atoms with E-state index in [0.29, 0.717) is 24.6 Å². The van der Waals surface area contributed by atoms with Crippen LogP contribution < -0.4 is 34.5 Å². The third kappa shape index (κ3) is 8.54. The van der Waals surface area contributed by atoms with Gasteiger partial charge in [0.15, 0.2) is 5.82 Å². The Hall–Kier alpha value is -1.04. The summed E-state index contributed by atoms with van der Waals surface area (Å²) in [5.74, 6) is 0.0785. The topological polar surface area (TPSA) is 115 Å². The molecular weight excluding hydrogens is 459 g/mol. The van der Waals surface area contributed by atoms with Gasteiger partial charge in [0.05, 0.1) is 5.75 Å². The van der Waals surface area contributed by atoms with Crippen LogP contribution in [-0.4, -0.2) is 41.9 Å². The van der Waals surface area contributed by atoms with E-state index in [0.717, 1.165) is 16.6 Å². The Morgan fingerprint density at radius 3 is 2.50 bits per heavy atom. The van der Waals surface area contributed by atoms with E-state index in [1.807, 2.05) is 11.8 Å². The molecule has 0 spiro atoms. The van der Waals surface area contributed by atoms with E-state index in [9.17, 15) is 13.5 Å². The molecule has 2 aromatic rings. The van der Waals surface area contributed by atoms with E-state index in [-0.39, 0.29) is 47.5 Å². The van der Waals surface area contributed by atoms with Crippen molar-refractivity contribution >= 4 is 43.2 Å². The van der Waals surface area contributed by atoms with Gasteiger partial charge >= 0.3 is 29.6 Å². The number of halogens is 1. The predicted octanol–water partition coefficient (Wildman–Crippen LogP) is 1.46. The number of nitrogens with zero attached hydrogens (tertiary/aromatic N) is 4. The molecule has 0 fully saturated rings. The van der Waals surface area contributed by atoms with Crippen molar-refractivity contribution in [2.24, 2.45) is 10.2 Å². The molecule has 0 amide bonds. The summed E-state index contributed by atoms with van der Waals surface area (Å²) in [6.45, 7) is 3.13. The Morgan fingerprint density at radius 1 is 1.18 bits per heavy atom. The molecule has 2 N–H and O–H groups in total. The maximum atomic E-state index is 10.9. The van der Waals surface area contributed by atoms with Gasteiger partial charge in [-0.2, -0.15) is 8.42 Å². The molecule has 8 nitrogen and oxygen atoms in total. The second-order valence-electron chi connectivity index (χ2n) is 5.83. The van der Waals surface area contributed by atoms with Crippen molar-refractivity contribution in [3.63, 3.8) is 0 Å². The van der Waals surface area contributed by atoms with Crippen LogP contribution in [0.5, 0.6) is 5.75 Å². The van der Waals surface area contributed by atoms with Crippen molar-refractivity contribution in [3.05, 3.63) is 41.0 Å². The minimum absolute atomic E-state index is 0. The van der Waals surface area contributed by atoms with Gasteiger partial charge in [0.2, 0.25) is 0 Å². The van der Waals surface area contributed by atoms with Gasteiger partial charge in [-0.3, -0.25) is 4.55 Å². The Balaban J connectivity index is 0.00000392. The van der Waals surface area contributed by atoms with Gasteiger partial charge < -0.3 is 10.0 Å². The van der Waals surface area contributed by atoms with E-state index < -0.39 is 10.1 Å². The Labute approximate surface area is 195 Å². The summed E-state index contributed by atoms with van der Waals surface area (Å²) in [5, 5.41) is 18.2. The van der Waals surface area contributed by atoms with Crippen molar-refractivity contribution in [2.75, 3.05) is 23.7 Å². The van der Waals surface area contributed by atoms with Gasteiger partial charge in [0.25, 0.3) is 10.1 Å². The maximum absolute atomic E-state index is 10.9. The predicted molar refractivity (Wildman–Crippen MR) is 108 cm³/mol. The van der Waals surface area contributed by atoms with Gasteiger partial charge in [-0.1, -0.05) is 6.92 Å². The molecule has 1 heterocycles. The SMILES string of the molecule is CCCN(CCCS(=O)(=O)O)c1ccc(N=Nc2ccc(Br)cn2)c(O)c1.[Na+]. The second-order valence-corrected chi connectivity index (χ2v) is 8.32. The average Bonchev–Trinajstić information content (AvgIpc) is 2.60. The molecule has 1 aromatic carbocycles. The minimum atomic E-state index is -3.98. The first-order valence-electron chi connectivity index (χ1n) is 8.35. The van der Waals surface area contributed by atoms with Crippen molar-refractivity contribution in [2.45, 2.75) is 19.8 Å². The summed E-state index contributed by atoms with van der Waals surface area (Å²) >= 11 is 3.29. The fourth-order valence-corrected chi connectivity index (χ4v) is 3.13. The van der Waals surface area contributed by atoms with Crippen LogP contribution in [0.4, 0.5) is 17.2 Å². The molecule has 1 aromatic heterocycles. The zero-order valence-electron chi connectivity index (χ0n) is 15.8. The van der Waals surface area contributed by atoms with Crippen molar-refractivity contribution in [1.29, 1.82) is 0 Å². The number of aromatic nitrogens is 1. The van der Waals surface area contributed by atoms with Gasteiger partial charge in [0, 0.05) is 35.5 Å². The van der Waals surface area contributed by atoms with Crippen LogP contribution in [0.2, 0.25) is 0 Å². The zero-order valence-corrected chi connectivity index (χ0v) is 20.2. The normalized spacial score (nSPS) is 11.4. The molecule has 2 rings (SSSR count). The maximum Gasteiger partial charge on any atom is 1.00 e. The molecule has 0 atom stereocenters. The molecule has 0 saturated carbocycles. The summed E-state index contributed by atoms with van der Waals surface area (Å²) in [7, 11) is -3.98. The Bertz CT molecular complexity index is 895. The monoisotopic (exact) mass is 479 g/mol. The standard InChI is InChI=1S/C17H21BrN4O4S.Na/c1-2-8-22(9-3-10-27(24,25)26)14-5-6-15(16(23)11-14)20-21-17-7-4-13(18)12-19-17;/h4-7,11-12,23H,2-3,8-10H2,1H3,(H,24,25,26);/q;+1. The van der Waals surface area contributed by atoms with Crippen LogP contribution in [0.25, 0.3) is 0 Å². The quantitative estimate of drug-likeness (QED) is 0.319. The number of hydrogen-bond donors (Lipinski definition) is 2. The first kappa shape index (κ1) is 25.0. The summed E-state index contributed by atoms with van der Waals surface area (Å²) in [5.41, 5.74) is 1.04. The smallest absolute Gasteiger partial charge is 0.506 e. The average molecular weight is 480 g/mol. The van der Waals surface area contributed by atoms with Crippen LogP contribution >= 0.6 is 15.9 Å². The van der Waals surface area contributed by atoms with Crippen molar-refractivity contribution < 1.29 is 47.6 Å². The number of hydrogen-bond acceptors (Lipinski definition) is 7. The number of phenols is 1. The van der Waals surface area contributed by atoms with Crippen LogP contribution in [0, 0.1) is 0 Å². The number of anilines is 1. The molecule has 0 aliphatic carbocycles. The Kier molecular flexibility index (Phi) is 10.6. The second kappa shape index (κ2) is 11.8. The van der Waals surface area contributed by atoms with E-state index >= 15 is 0 Å². The summed E-state index contributed by atoms with van der Waals surface area (Å²) in [4.78, 5) is 6.03. The fraction of sp³-hybridized carbons (Fsp3) is 0.353. The molecule has 0 radical (unpaired) electrons. The van der Waals surface area contributed by atoms with Crippen molar-refractivity contribution in [3.8, 4) is 5.75 Å². The number of aromatic hydroxyl groups is 1. The molecule has 146 valence electrons. The number of phenolic OH excluding ortho intramolecular Hbond substituents is 1. The van der Waals surface area contributed by atoms with Gasteiger partial charge in [-0.05, 0) is 53.0 Å². The Morgan fingerprint density at radius 2 is 1.93 bits per heavy atom. The van der Waals surface area contributed by atoms with Gasteiger partial charge in [0.1, 0.15) is 11.4 Å². The minimum Gasteiger partial charge on any atom is -0.506 e. The van der Waals surface area contributed by atoms with Crippen molar-refractivity contribution in [1.82, 2.24) is 4.98 Å². The molecule has 11 heteroatoms. The summed E-state index contributed by atoms with van der Waals surface area (Å²) in [6.07, 6.45) is 2.74. The zero-order chi connectivity index (χ0) is 19.9. The molecular formula is C17H21BrN4NaO4S+. The van der Waals surface area contributed by atoms with E-state index in [1.54, 1.807) is 36.5 Å². The fourth-order valence-electron chi connectivity index (χ4n) is 2.40. The van der Waals surface area contributed by atoms with Gasteiger partial charge in [-0.25, -0.2) is 4.98 Å². The third-order valence-corrected chi connectivity index (χ3v) is 4.89. The molecule has 28 heavy (non-hydrogen) atoms. The van der Waals surface area contributed by atoms with Crippen LogP contribution in [-0.2, 0) is 10.1 Å². The van der Waals surface area contributed by atoms with E-state index in [1.165, 1.54) is 0 Å². The van der Waals surface area contributed by atoms with Crippen LogP contribution in [0.1, 0.15) is 19.8 Å². The first-order chi connectivity index (χ1) is 12.8. The largest absolute Gasteiger partial charge is 1.00 e. The molecule has 0 bridgehead atoms. The van der Waals surface area contributed by atoms with E-state index in [2.05, 4.69) is 31.1 Å². The molecule has 0 aliphatic rings. The summed E-state index contributed by atoms with van der Waals surface area (Å²) < 4.78 is 31.5. The third-order valence-electron chi connectivity index (χ3n) is 3.62. The number of pyridine rings is 1. The number of azo groups is 1. The number of rotatable bonds is 9. The van der Waals surface area contributed by atoms with Crippen LogP contribution in [0.15, 0.2) is 51.2 Å². The number of benzene rings is 1. The molecule has 0 unspecified atom stereocenters. The van der Waals surface area contributed by atoms with Gasteiger partial charge in [-0.15, -0.1) is 10.2 Å². The van der Waals surface area contributed by atoms with E-state index in [4.69, 9.17) is 4.55 Å².